The Kier molecular flexibility index (Phi) is 12.2. The van der Waals surface area contributed by atoms with Gasteiger partial charge in [0.2, 0.25) is 0 Å². The molecule has 440 valence electrons. The summed E-state index contributed by atoms with van der Waals surface area (Å²) in [5.41, 5.74) is 29.7. The molecule has 0 bridgehead atoms. The van der Waals surface area contributed by atoms with E-state index >= 15 is 0 Å². The Hall–Kier alpha value is -6.98. The molecule has 5 heteroatoms. The number of nitrogens with zero attached hydrogens (tertiary/aromatic N) is 3. The lowest BCUT2D eigenvalue weighted by molar-refractivity contribution is 0.332. The van der Waals surface area contributed by atoms with Crippen LogP contribution in [-0.2, 0) is 43.3 Å². The fourth-order valence-corrected chi connectivity index (χ4v) is 16.2. The van der Waals surface area contributed by atoms with Crippen LogP contribution in [0.2, 0.25) is 0 Å². The van der Waals surface area contributed by atoms with Crippen molar-refractivity contribution in [2.75, 3.05) is 14.7 Å². The summed E-state index contributed by atoms with van der Waals surface area (Å²) in [6.45, 7) is 45.7. The third-order valence-electron chi connectivity index (χ3n) is 22.2. The molecule has 9 aromatic rings. The van der Waals surface area contributed by atoms with Gasteiger partial charge in [-0.2, -0.15) is 0 Å². The van der Waals surface area contributed by atoms with Gasteiger partial charge in [-0.1, -0.05) is 173 Å². The molecule has 0 fully saturated rings. The van der Waals surface area contributed by atoms with E-state index in [0.717, 1.165) is 64.7 Å². The van der Waals surface area contributed by atoms with Crippen LogP contribution in [-0.4, -0.2) is 6.71 Å². The molecule has 0 N–H and O–H groups in total. The smallest absolute Gasteiger partial charge is 0.252 e. The quantitative estimate of drug-likeness (QED) is 0.160. The molecule has 0 spiro atoms. The first-order valence-corrected chi connectivity index (χ1v) is 32.5. The molecule has 0 atom stereocenters. The number of hydrogen-bond acceptors (Lipinski definition) is 4. The van der Waals surface area contributed by atoms with Crippen LogP contribution in [0.25, 0.3) is 21.9 Å². The maximum atomic E-state index is 6.81. The van der Waals surface area contributed by atoms with Crippen LogP contribution in [0.15, 0.2) is 144 Å². The largest absolute Gasteiger partial charge is 0.456 e. The van der Waals surface area contributed by atoms with Crippen LogP contribution in [0, 0.1) is 6.92 Å². The highest BCUT2D eigenvalue weighted by Crippen LogP contribution is 2.55. The van der Waals surface area contributed by atoms with Gasteiger partial charge in [-0.05, 0) is 246 Å². The summed E-state index contributed by atoms with van der Waals surface area (Å²) in [6.07, 6.45) is 6.98. The second-order valence-corrected chi connectivity index (χ2v) is 33.2. The summed E-state index contributed by atoms with van der Waals surface area (Å²) in [4.78, 5) is 7.89. The molecular formula is C81H92BN3O. The van der Waals surface area contributed by atoms with E-state index in [1.807, 2.05) is 0 Å². The van der Waals surface area contributed by atoms with Crippen LogP contribution in [0.5, 0.6) is 0 Å². The van der Waals surface area contributed by atoms with Crippen molar-refractivity contribution in [3.8, 4) is 0 Å². The maximum Gasteiger partial charge on any atom is 0.252 e. The molecule has 3 aliphatic carbocycles. The predicted molar refractivity (Wildman–Crippen MR) is 370 cm³/mol. The minimum absolute atomic E-state index is 0.00753. The molecule has 0 amide bonds. The van der Waals surface area contributed by atoms with E-state index in [2.05, 4.69) is 286 Å². The highest BCUT2D eigenvalue weighted by molar-refractivity contribution is 7.00. The molecule has 14 rings (SSSR count). The SMILES string of the molecule is Cc1cc2c3c(c1)N(c1ccc4c(c1)C(C)(C)CCC4(C)C)c1cc4c(cc1B3c1ccc(N(c3ccc(C(C)(C)C)cc3)c3ccc5c(c3)C(C)(C)CCC5(C)C)cc1N2c1ccc2oc3cc(C(C)(C)C)ccc3c2c1)C(C)(C)CCC4(C)C. The number of fused-ring (bicyclic) bond motifs is 10. The highest BCUT2D eigenvalue weighted by atomic mass is 16.3. The van der Waals surface area contributed by atoms with Crippen LogP contribution < -0.4 is 31.1 Å². The fraction of sp³-hybridized carbons (Fsp3) is 0.407. The third-order valence-corrected chi connectivity index (χ3v) is 22.2. The summed E-state index contributed by atoms with van der Waals surface area (Å²) in [5.74, 6) is 0. The van der Waals surface area contributed by atoms with Crippen molar-refractivity contribution >= 4 is 96.2 Å². The molecule has 86 heavy (non-hydrogen) atoms. The van der Waals surface area contributed by atoms with Crippen LogP contribution >= 0.6 is 0 Å². The van der Waals surface area contributed by atoms with Gasteiger partial charge in [-0.3, -0.25) is 0 Å². The van der Waals surface area contributed by atoms with Gasteiger partial charge in [0.25, 0.3) is 6.71 Å². The predicted octanol–water partition coefficient (Wildman–Crippen LogP) is 21.1. The maximum absolute atomic E-state index is 6.81. The van der Waals surface area contributed by atoms with Crippen LogP contribution in [0.4, 0.5) is 51.2 Å². The zero-order valence-electron chi connectivity index (χ0n) is 55.3. The molecule has 1 aromatic heterocycles. The van der Waals surface area contributed by atoms with Gasteiger partial charge in [-0.15, -0.1) is 0 Å². The molecular weight excluding hydrogens is 1040 g/mol. The molecule has 0 saturated carbocycles. The Balaban J connectivity index is 1.07. The van der Waals surface area contributed by atoms with Crippen molar-refractivity contribution in [3.63, 3.8) is 0 Å². The van der Waals surface area contributed by atoms with E-state index in [9.17, 15) is 0 Å². The van der Waals surface area contributed by atoms with Crippen molar-refractivity contribution in [3.05, 3.63) is 190 Å². The van der Waals surface area contributed by atoms with Crippen LogP contribution in [0.3, 0.4) is 0 Å². The molecule has 0 radical (unpaired) electrons. The van der Waals surface area contributed by atoms with Gasteiger partial charge < -0.3 is 19.1 Å². The number of aryl methyl sites for hydroxylation is 1. The van der Waals surface area contributed by atoms with Gasteiger partial charge in [0.15, 0.2) is 0 Å². The monoisotopic (exact) mass is 1130 g/mol. The summed E-state index contributed by atoms with van der Waals surface area (Å²) >= 11 is 0. The van der Waals surface area contributed by atoms with E-state index in [4.69, 9.17) is 4.42 Å². The Morgan fingerprint density at radius 1 is 0.372 bits per heavy atom. The Labute approximate surface area is 515 Å². The lowest BCUT2D eigenvalue weighted by Gasteiger charge is -2.48. The average molecular weight is 1130 g/mol. The molecule has 3 heterocycles. The van der Waals surface area contributed by atoms with E-state index in [1.54, 1.807) is 0 Å². The molecule has 4 nitrogen and oxygen atoms in total. The molecule has 5 aliphatic rings. The van der Waals surface area contributed by atoms with E-state index in [0.29, 0.717) is 0 Å². The first-order valence-electron chi connectivity index (χ1n) is 32.5. The molecule has 0 saturated heterocycles. The summed E-state index contributed by atoms with van der Waals surface area (Å²) in [7, 11) is 0. The molecule has 0 unspecified atom stereocenters. The van der Waals surface area contributed by atoms with Gasteiger partial charge >= 0.3 is 0 Å². The van der Waals surface area contributed by atoms with Crippen molar-refractivity contribution in [1.82, 2.24) is 0 Å². The lowest BCUT2D eigenvalue weighted by Crippen LogP contribution is -2.62. The average Bonchev–Trinajstić information content (AvgIpc) is 0.790. The number of benzene rings is 8. The van der Waals surface area contributed by atoms with Crippen molar-refractivity contribution in [1.29, 1.82) is 0 Å². The van der Waals surface area contributed by atoms with E-state index < -0.39 is 0 Å². The Morgan fingerprint density at radius 2 is 0.826 bits per heavy atom. The fourth-order valence-electron chi connectivity index (χ4n) is 16.2. The summed E-state index contributed by atoms with van der Waals surface area (Å²) in [6, 6.07) is 56.1. The topological polar surface area (TPSA) is 22.9 Å². The molecule has 2 aliphatic heterocycles. The minimum Gasteiger partial charge on any atom is -0.456 e. The minimum atomic E-state index is -0.0492. The second kappa shape index (κ2) is 18.5. The first-order chi connectivity index (χ1) is 40.2. The van der Waals surface area contributed by atoms with Crippen LogP contribution in [0.1, 0.15) is 213 Å². The zero-order chi connectivity index (χ0) is 61.0. The third kappa shape index (κ3) is 8.79. The number of anilines is 9. The number of hydrogen-bond donors (Lipinski definition) is 0. The summed E-state index contributed by atoms with van der Waals surface area (Å²) < 4.78 is 6.81. The van der Waals surface area contributed by atoms with E-state index in [-0.39, 0.29) is 50.0 Å². The second-order valence-electron chi connectivity index (χ2n) is 33.2. The first kappa shape index (κ1) is 56.8. The van der Waals surface area contributed by atoms with Gasteiger partial charge in [0.1, 0.15) is 11.2 Å². The van der Waals surface area contributed by atoms with Gasteiger partial charge in [0.05, 0.1) is 0 Å². The number of rotatable bonds is 5. The van der Waals surface area contributed by atoms with Crippen molar-refractivity contribution < 1.29 is 4.42 Å². The van der Waals surface area contributed by atoms with Crippen molar-refractivity contribution in [2.45, 2.75) is 213 Å². The molecule has 8 aromatic carbocycles. The lowest BCUT2D eigenvalue weighted by atomic mass is 9.33. The normalized spacial score (nSPS) is 19.1. The Bertz CT molecular complexity index is 4300. The van der Waals surface area contributed by atoms with Crippen molar-refractivity contribution in [2.24, 2.45) is 0 Å². The van der Waals surface area contributed by atoms with E-state index in [1.165, 1.54) is 113 Å². The van der Waals surface area contributed by atoms with Gasteiger partial charge in [0, 0.05) is 62.0 Å². The van der Waals surface area contributed by atoms with Gasteiger partial charge in [-0.25, -0.2) is 0 Å². The Morgan fingerprint density at radius 3 is 1.41 bits per heavy atom. The summed E-state index contributed by atoms with van der Waals surface area (Å²) in [5, 5.41) is 2.27. The highest BCUT2D eigenvalue weighted by Gasteiger charge is 2.48. The number of furan rings is 1. The zero-order valence-corrected chi connectivity index (χ0v) is 55.3. The standard InChI is InChI=1S/C81H92BN3O/c1-49-40-69-73-70(41-49)85(55-26-31-60-62(45-55)79(14,15)37-35-77(60,10)11)68-48-64-63(80(16,17)38-39-81(64,18)19)47-66(68)82(73)65-32-27-56(46-67(65)84(69)53-28-33-71-58(43-53)57-29-22-51(75(5,6)7)42-72(57)86-71)83(52-23-20-50(21-24-52)74(2,3)4)54-25-30-59-61(44-54)78(12,13)36-34-76(59,8)9/h20-33,40-48H,34-39H2,1-19H3.